The molecule has 9 heteroatoms. The van der Waals surface area contributed by atoms with E-state index in [1.165, 1.54) is 18.1 Å². The maximum atomic E-state index is 13.4. The van der Waals surface area contributed by atoms with Gasteiger partial charge in [-0.05, 0) is 26.2 Å². The number of aromatic nitrogens is 4. The number of rotatable bonds is 6. The lowest BCUT2D eigenvalue weighted by molar-refractivity contribution is -0.149. The summed E-state index contributed by atoms with van der Waals surface area (Å²) in [5, 5.41) is 0. The number of methoxy groups -OCH3 is 1. The van der Waals surface area contributed by atoms with Gasteiger partial charge >= 0.3 is 12.0 Å². The van der Waals surface area contributed by atoms with E-state index >= 15 is 0 Å². The molecule has 1 unspecified atom stereocenters. The van der Waals surface area contributed by atoms with E-state index in [1.807, 2.05) is 10.6 Å². The van der Waals surface area contributed by atoms with Crippen molar-refractivity contribution >= 4 is 23.1 Å². The molecular formula is C24H27N5O4. The monoisotopic (exact) mass is 449 g/mol. The Kier molecular flexibility index (Phi) is 6.63. The van der Waals surface area contributed by atoms with Crippen LogP contribution >= 0.6 is 0 Å². The summed E-state index contributed by atoms with van der Waals surface area (Å²) in [5.41, 5.74) is 0.905. The molecule has 1 aromatic carbocycles. The molecule has 0 spiro atoms. The molecule has 33 heavy (non-hydrogen) atoms. The van der Waals surface area contributed by atoms with Gasteiger partial charge in [-0.3, -0.25) is 13.9 Å². The number of esters is 1. The maximum Gasteiger partial charge on any atom is 0.351 e. The van der Waals surface area contributed by atoms with E-state index in [9.17, 15) is 9.59 Å². The summed E-state index contributed by atoms with van der Waals surface area (Å²) in [5.74, 6) is 6.02. The lowest BCUT2D eigenvalue weighted by atomic mass is 10.1. The summed E-state index contributed by atoms with van der Waals surface area (Å²) in [4.78, 5) is 37.2. The van der Waals surface area contributed by atoms with Crippen LogP contribution in [0.4, 0.5) is 5.95 Å². The van der Waals surface area contributed by atoms with Gasteiger partial charge in [0.05, 0.1) is 13.7 Å². The minimum absolute atomic E-state index is 0.0110. The van der Waals surface area contributed by atoms with Crippen molar-refractivity contribution in [3.05, 3.63) is 46.2 Å². The van der Waals surface area contributed by atoms with Gasteiger partial charge in [-0.25, -0.2) is 4.79 Å². The molecule has 1 aliphatic rings. The lowest BCUT2D eigenvalue weighted by Crippen LogP contribution is -2.32. The minimum Gasteiger partial charge on any atom is -0.466 e. The summed E-state index contributed by atoms with van der Waals surface area (Å²) in [6.07, 6.45) is 2.25. The highest BCUT2D eigenvalue weighted by molar-refractivity contribution is 5.77. The zero-order valence-corrected chi connectivity index (χ0v) is 19.1. The molecule has 0 saturated carbocycles. The molecule has 0 N–H and O–H groups in total. The van der Waals surface area contributed by atoms with Gasteiger partial charge in [0, 0.05) is 25.7 Å². The normalized spacial score (nSPS) is 14.5. The smallest absolute Gasteiger partial charge is 0.351 e. The van der Waals surface area contributed by atoms with E-state index in [0.29, 0.717) is 23.6 Å². The second-order valence-electron chi connectivity index (χ2n) is 7.83. The van der Waals surface area contributed by atoms with E-state index in [1.54, 1.807) is 38.2 Å². The lowest BCUT2D eigenvalue weighted by Gasteiger charge is -2.27. The number of carbonyl (C=O) groups is 1. The molecule has 3 aromatic rings. The highest BCUT2D eigenvalue weighted by Gasteiger charge is 2.28. The van der Waals surface area contributed by atoms with Crippen LogP contribution < -0.4 is 15.2 Å². The Bertz CT molecular complexity index is 1260. The van der Waals surface area contributed by atoms with Crippen molar-refractivity contribution in [3.8, 4) is 17.9 Å². The zero-order chi connectivity index (χ0) is 23.4. The molecule has 4 rings (SSSR count). The molecule has 1 saturated heterocycles. The van der Waals surface area contributed by atoms with Crippen LogP contribution in [0.25, 0.3) is 11.2 Å². The van der Waals surface area contributed by atoms with Gasteiger partial charge < -0.3 is 14.4 Å². The van der Waals surface area contributed by atoms with Crippen LogP contribution in [-0.4, -0.2) is 45.3 Å². The number of hydrogen-bond donors (Lipinski definition) is 0. The molecule has 172 valence electrons. The number of carbonyl (C=O) groups excluding carboxylic acids is 1. The van der Waals surface area contributed by atoms with Gasteiger partial charge in [0.2, 0.25) is 12.1 Å². The Morgan fingerprint density at radius 3 is 2.55 bits per heavy atom. The van der Waals surface area contributed by atoms with E-state index in [4.69, 9.17) is 14.5 Å². The quantitative estimate of drug-likeness (QED) is 0.422. The summed E-state index contributed by atoms with van der Waals surface area (Å²) < 4.78 is 14.0. The Balaban J connectivity index is 1.82. The van der Waals surface area contributed by atoms with E-state index in [-0.39, 0.29) is 17.2 Å². The third kappa shape index (κ3) is 4.42. The molecule has 9 nitrogen and oxygen atoms in total. The molecule has 2 aromatic heterocycles. The van der Waals surface area contributed by atoms with Crippen molar-refractivity contribution < 1.29 is 14.3 Å². The molecule has 0 radical (unpaired) electrons. The Morgan fingerprint density at radius 1 is 1.15 bits per heavy atom. The third-order valence-electron chi connectivity index (χ3n) is 5.72. The minimum atomic E-state index is -1.07. The fraction of sp³-hybridized carbons (Fsp3) is 0.417. The summed E-state index contributed by atoms with van der Waals surface area (Å²) in [7, 11) is 2.85. The largest absolute Gasteiger partial charge is 0.466 e. The van der Waals surface area contributed by atoms with Gasteiger partial charge in [0.15, 0.2) is 11.2 Å². The highest BCUT2D eigenvalue weighted by Crippen LogP contribution is 2.26. The van der Waals surface area contributed by atoms with Crippen molar-refractivity contribution in [2.45, 2.75) is 38.8 Å². The molecule has 1 aliphatic heterocycles. The van der Waals surface area contributed by atoms with Crippen LogP contribution in [0.5, 0.6) is 6.01 Å². The first kappa shape index (κ1) is 22.4. The molecular weight excluding hydrogens is 422 g/mol. The van der Waals surface area contributed by atoms with Crippen molar-refractivity contribution in [1.29, 1.82) is 0 Å². The molecule has 3 heterocycles. The fourth-order valence-corrected chi connectivity index (χ4v) is 3.97. The maximum absolute atomic E-state index is 13.4. The predicted octanol–water partition coefficient (Wildman–Crippen LogP) is 2.44. The Labute approximate surface area is 192 Å². The SMILES string of the molecule is CC#CCn1c(N2CCCCC2)nc2nc(OC(C(=O)OC)c3ccccc3)n(C)c(=O)c21. The summed E-state index contributed by atoms with van der Waals surface area (Å²) in [6, 6.07) is 8.93. The van der Waals surface area contributed by atoms with Crippen molar-refractivity contribution in [2.24, 2.45) is 7.05 Å². The number of ether oxygens (including phenoxy) is 2. The van der Waals surface area contributed by atoms with E-state index < -0.39 is 12.1 Å². The highest BCUT2D eigenvalue weighted by atomic mass is 16.6. The Hall–Kier alpha value is -3.80. The van der Waals surface area contributed by atoms with E-state index in [2.05, 4.69) is 21.7 Å². The molecule has 0 amide bonds. The van der Waals surface area contributed by atoms with Crippen molar-refractivity contribution in [1.82, 2.24) is 19.1 Å². The first-order chi connectivity index (χ1) is 16.0. The topological polar surface area (TPSA) is 91.5 Å². The van der Waals surface area contributed by atoms with Crippen LogP contribution in [0.1, 0.15) is 37.9 Å². The summed E-state index contributed by atoms with van der Waals surface area (Å²) >= 11 is 0. The average molecular weight is 450 g/mol. The number of anilines is 1. The number of benzene rings is 1. The van der Waals surface area contributed by atoms with Crippen molar-refractivity contribution in [2.75, 3.05) is 25.1 Å². The first-order valence-corrected chi connectivity index (χ1v) is 11.0. The predicted molar refractivity (Wildman–Crippen MR) is 124 cm³/mol. The van der Waals surface area contributed by atoms with Gasteiger partial charge in [0.1, 0.15) is 0 Å². The second-order valence-corrected chi connectivity index (χ2v) is 7.83. The molecule has 0 bridgehead atoms. The first-order valence-electron chi connectivity index (χ1n) is 11.0. The summed E-state index contributed by atoms with van der Waals surface area (Å²) in [6.45, 7) is 3.83. The second kappa shape index (κ2) is 9.77. The van der Waals surface area contributed by atoms with Crippen LogP contribution in [0.15, 0.2) is 35.1 Å². The van der Waals surface area contributed by atoms with Crippen LogP contribution in [-0.2, 0) is 23.1 Å². The van der Waals surface area contributed by atoms with Crippen LogP contribution in [0.2, 0.25) is 0 Å². The van der Waals surface area contributed by atoms with Gasteiger partial charge in [-0.2, -0.15) is 9.97 Å². The zero-order valence-electron chi connectivity index (χ0n) is 19.1. The average Bonchev–Trinajstić information content (AvgIpc) is 3.23. The van der Waals surface area contributed by atoms with E-state index in [0.717, 1.165) is 25.9 Å². The van der Waals surface area contributed by atoms with Gasteiger partial charge in [-0.15, -0.1) is 5.92 Å². The van der Waals surface area contributed by atoms with Crippen LogP contribution in [0.3, 0.4) is 0 Å². The number of piperidine rings is 1. The number of fused-ring (bicyclic) bond motifs is 1. The van der Waals surface area contributed by atoms with Crippen LogP contribution in [0, 0.1) is 11.8 Å². The molecule has 1 fully saturated rings. The number of hydrogen-bond acceptors (Lipinski definition) is 7. The number of imidazole rings is 1. The fourth-order valence-electron chi connectivity index (χ4n) is 3.97. The van der Waals surface area contributed by atoms with Crippen molar-refractivity contribution in [3.63, 3.8) is 0 Å². The number of nitrogens with zero attached hydrogens (tertiary/aromatic N) is 5. The van der Waals surface area contributed by atoms with Gasteiger partial charge in [0.25, 0.3) is 5.56 Å². The standard InChI is InChI=1S/C24H27N5O4/c1-4-5-16-29-18-20(25-23(29)28-14-10-7-11-15-28)26-24(27(2)21(18)30)33-19(22(31)32-3)17-12-8-6-9-13-17/h6,8-9,12-13,19H,7,10-11,14-16H2,1-3H3. The molecule has 1 atom stereocenters. The molecule has 0 aliphatic carbocycles. The third-order valence-corrected chi connectivity index (χ3v) is 5.72. The Morgan fingerprint density at radius 2 is 1.88 bits per heavy atom. The van der Waals surface area contributed by atoms with Gasteiger partial charge in [-0.1, -0.05) is 36.3 Å².